The molecule has 6 heteroatoms. The number of carbonyl (C=O) groups excluding carboxylic acids is 2. The molecule has 3 aromatic carbocycles. The summed E-state index contributed by atoms with van der Waals surface area (Å²) in [5.74, 6) is 0.362. The second-order valence-corrected chi connectivity index (χ2v) is 8.19. The quantitative estimate of drug-likeness (QED) is 0.381. The van der Waals surface area contributed by atoms with Crippen molar-refractivity contribution < 1.29 is 14.3 Å². The highest BCUT2D eigenvalue weighted by Crippen LogP contribution is 2.28. The normalized spacial score (nSPS) is 14.8. The molecule has 0 radical (unpaired) electrons. The highest BCUT2D eigenvalue weighted by atomic mass is 79.9. The maximum Gasteiger partial charge on any atom is 0.329 e. The number of rotatable bonds is 6. The summed E-state index contributed by atoms with van der Waals surface area (Å²) in [6, 6.07) is 22.7. The van der Waals surface area contributed by atoms with Crippen LogP contribution in [0.2, 0.25) is 0 Å². The van der Waals surface area contributed by atoms with Gasteiger partial charge in [0.2, 0.25) is 0 Å². The third-order valence-corrected chi connectivity index (χ3v) is 5.51. The van der Waals surface area contributed by atoms with E-state index in [0.29, 0.717) is 12.4 Å². The molecule has 1 aliphatic rings. The van der Waals surface area contributed by atoms with E-state index in [1.165, 1.54) is 10.5 Å². The zero-order chi connectivity index (χ0) is 21.8. The predicted octanol–water partition coefficient (Wildman–Crippen LogP) is 5.43. The van der Waals surface area contributed by atoms with Crippen LogP contribution in [0.5, 0.6) is 5.75 Å². The number of halogens is 1. The van der Waals surface area contributed by atoms with Crippen LogP contribution in [-0.2, 0) is 17.9 Å². The summed E-state index contributed by atoms with van der Waals surface area (Å²) in [6.07, 6.45) is 1.67. The summed E-state index contributed by atoms with van der Waals surface area (Å²) >= 11 is 3.53. The van der Waals surface area contributed by atoms with Gasteiger partial charge in [0.15, 0.2) is 0 Å². The highest BCUT2D eigenvalue weighted by molar-refractivity contribution is 9.10. The number of hydrogen-bond acceptors (Lipinski definition) is 3. The summed E-state index contributed by atoms with van der Waals surface area (Å²) in [4.78, 5) is 26.2. The first-order valence-electron chi connectivity index (χ1n) is 9.86. The Labute approximate surface area is 189 Å². The van der Waals surface area contributed by atoms with Gasteiger partial charge in [0.1, 0.15) is 18.1 Å². The fourth-order valence-corrected chi connectivity index (χ4v) is 3.85. The Morgan fingerprint density at radius 2 is 1.74 bits per heavy atom. The van der Waals surface area contributed by atoms with Crippen LogP contribution >= 0.6 is 15.9 Å². The first-order chi connectivity index (χ1) is 15.0. The van der Waals surface area contributed by atoms with Crippen LogP contribution in [-0.4, -0.2) is 16.8 Å². The molecule has 0 aromatic heterocycles. The number of nitrogens with one attached hydrogen (secondary N) is 1. The standard InChI is InChI=1S/C25H21BrN2O3/c1-17-6-5-9-20(12-17)16-31-23-11-10-19(13-21(23)26)14-22-24(29)28(25(30)27-22)15-18-7-3-2-4-8-18/h2-14H,15-16H2,1H3,(H,27,30)/b22-14+. The van der Waals surface area contributed by atoms with Gasteiger partial charge < -0.3 is 10.1 Å². The van der Waals surface area contributed by atoms with Gasteiger partial charge >= 0.3 is 6.03 Å². The van der Waals surface area contributed by atoms with E-state index in [-0.39, 0.29) is 18.1 Å². The molecule has 1 N–H and O–H groups in total. The van der Waals surface area contributed by atoms with E-state index in [2.05, 4.69) is 27.3 Å². The summed E-state index contributed by atoms with van der Waals surface area (Å²) in [7, 11) is 0. The molecule has 4 rings (SSSR count). The van der Waals surface area contributed by atoms with Gasteiger partial charge in [0, 0.05) is 0 Å². The maximum atomic E-state index is 12.7. The predicted molar refractivity (Wildman–Crippen MR) is 123 cm³/mol. The zero-order valence-electron chi connectivity index (χ0n) is 17.0. The summed E-state index contributed by atoms with van der Waals surface area (Å²) in [6.45, 7) is 2.74. The zero-order valence-corrected chi connectivity index (χ0v) is 18.6. The number of benzene rings is 3. The highest BCUT2D eigenvalue weighted by Gasteiger charge is 2.33. The molecule has 0 spiro atoms. The topological polar surface area (TPSA) is 58.6 Å². The summed E-state index contributed by atoms with van der Waals surface area (Å²) in [5.41, 5.74) is 4.20. The van der Waals surface area contributed by atoms with Crippen molar-refractivity contribution in [1.29, 1.82) is 0 Å². The van der Waals surface area contributed by atoms with Gasteiger partial charge in [-0.2, -0.15) is 0 Å². The lowest BCUT2D eigenvalue weighted by molar-refractivity contribution is -0.123. The lowest BCUT2D eigenvalue weighted by Gasteiger charge is -2.11. The van der Waals surface area contributed by atoms with E-state index >= 15 is 0 Å². The smallest absolute Gasteiger partial charge is 0.329 e. The summed E-state index contributed by atoms with van der Waals surface area (Å²) < 4.78 is 6.68. The molecular formula is C25H21BrN2O3. The molecule has 0 aliphatic carbocycles. The third-order valence-electron chi connectivity index (χ3n) is 4.89. The van der Waals surface area contributed by atoms with Crippen molar-refractivity contribution in [2.45, 2.75) is 20.1 Å². The van der Waals surface area contributed by atoms with E-state index in [1.54, 1.807) is 6.08 Å². The van der Waals surface area contributed by atoms with Gasteiger partial charge in [-0.05, 0) is 57.8 Å². The monoisotopic (exact) mass is 476 g/mol. The fourth-order valence-electron chi connectivity index (χ4n) is 3.33. The van der Waals surface area contributed by atoms with E-state index < -0.39 is 6.03 Å². The maximum absolute atomic E-state index is 12.7. The Bertz CT molecular complexity index is 1160. The third kappa shape index (κ3) is 5.03. The van der Waals surface area contributed by atoms with Crippen molar-refractivity contribution in [3.63, 3.8) is 0 Å². The van der Waals surface area contributed by atoms with Crippen LogP contribution in [0, 0.1) is 6.92 Å². The number of amides is 3. The SMILES string of the molecule is Cc1cccc(COc2ccc(/C=C3/NC(=O)N(Cc4ccccc4)C3=O)cc2Br)c1. The molecule has 0 atom stereocenters. The Morgan fingerprint density at radius 1 is 0.968 bits per heavy atom. The average Bonchev–Trinajstić information content (AvgIpc) is 3.01. The van der Waals surface area contributed by atoms with Crippen molar-refractivity contribution >= 4 is 33.9 Å². The molecule has 3 aromatic rings. The first-order valence-corrected chi connectivity index (χ1v) is 10.7. The Morgan fingerprint density at radius 3 is 2.48 bits per heavy atom. The molecule has 1 heterocycles. The molecule has 5 nitrogen and oxygen atoms in total. The number of aryl methyl sites for hydroxylation is 1. The van der Waals surface area contributed by atoms with Crippen molar-refractivity contribution in [3.8, 4) is 5.75 Å². The van der Waals surface area contributed by atoms with Crippen LogP contribution in [0.3, 0.4) is 0 Å². The van der Waals surface area contributed by atoms with Gasteiger partial charge in [-0.15, -0.1) is 0 Å². The van der Waals surface area contributed by atoms with E-state index in [1.807, 2.05) is 73.7 Å². The van der Waals surface area contributed by atoms with Crippen molar-refractivity contribution in [3.05, 3.63) is 105 Å². The minimum Gasteiger partial charge on any atom is -0.488 e. The van der Waals surface area contributed by atoms with Gasteiger partial charge in [0.05, 0.1) is 11.0 Å². The van der Waals surface area contributed by atoms with Gasteiger partial charge in [-0.1, -0.05) is 66.2 Å². The van der Waals surface area contributed by atoms with E-state index in [9.17, 15) is 9.59 Å². The van der Waals surface area contributed by atoms with Gasteiger partial charge in [0.25, 0.3) is 5.91 Å². The van der Waals surface area contributed by atoms with Gasteiger partial charge in [-0.3, -0.25) is 9.69 Å². The second-order valence-electron chi connectivity index (χ2n) is 7.33. The Hall–Kier alpha value is -3.38. The van der Waals surface area contributed by atoms with Crippen molar-refractivity contribution in [2.24, 2.45) is 0 Å². The molecule has 0 bridgehead atoms. The van der Waals surface area contributed by atoms with Crippen LogP contribution in [0.4, 0.5) is 4.79 Å². The number of hydrogen-bond donors (Lipinski definition) is 1. The lowest BCUT2D eigenvalue weighted by Crippen LogP contribution is -2.30. The Balaban J connectivity index is 1.45. The average molecular weight is 477 g/mol. The molecule has 1 fully saturated rings. The first kappa shape index (κ1) is 20.9. The molecule has 31 heavy (non-hydrogen) atoms. The lowest BCUT2D eigenvalue weighted by atomic mass is 10.1. The summed E-state index contributed by atoms with van der Waals surface area (Å²) in [5, 5.41) is 2.66. The number of nitrogens with zero attached hydrogens (tertiary/aromatic N) is 1. The number of carbonyl (C=O) groups is 2. The Kier molecular flexibility index (Phi) is 6.18. The fraction of sp³-hybridized carbons (Fsp3) is 0.120. The largest absolute Gasteiger partial charge is 0.488 e. The number of imide groups is 1. The molecule has 1 saturated heterocycles. The van der Waals surface area contributed by atoms with Gasteiger partial charge in [-0.25, -0.2) is 4.79 Å². The molecule has 0 unspecified atom stereocenters. The van der Waals surface area contributed by atoms with E-state index in [4.69, 9.17) is 4.74 Å². The molecule has 156 valence electrons. The minimum atomic E-state index is -0.419. The number of ether oxygens (including phenoxy) is 1. The molecule has 1 aliphatic heterocycles. The molecular weight excluding hydrogens is 456 g/mol. The van der Waals surface area contributed by atoms with Crippen molar-refractivity contribution in [1.82, 2.24) is 10.2 Å². The van der Waals surface area contributed by atoms with Crippen LogP contribution < -0.4 is 10.1 Å². The molecule has 3 amide bonds. The van der Waals surface area contributed by atoms with Crippen LogP contribution in [0.15, 0.2) is 83.0 Å². The van der Waals surface area contributed by atoms with Crippen LogP contribution in [0.25, 0.3) is 6.08 Å². The molecule has 0 saturated carbocycles. The number of urea groups is 1. The second kappa shape index (κ2) is 9.18. The minimum absolute atomic E-state index is 0.234. The van der Waals surface area contributed by atoms with Crippen molar-refractivity contribution in [2.75, 3.05) is 0 Å². The van der Waals surface area contributed by atoms with E-state index in [0.717, 1.165) is 21.2 Å². The van der Waals surface area contributed by atoms with Crippen LogP contribution in [0.1, 0.15) is 22.3 Å².